The summed E-state index contributed by atoms with van der Waals surface area (Å²) in [6, 6.07) is 0. The van der Waals surface area contributed by atoms with Crippen molar-refractivity contribution >= 4 is 51.0 Å². The highest BCUT2D eigenvalue weighted by Crippen LogP contribution is 2.34. The second-order valence-corrected chi connectivity index (χ2v) is 6.95. The lowest BCUT2D eigenvalue weighted by Gasteiger charge is -2.28. The number of aromatic nitrogens is 3. The molecule has 1 aliphatic rings. The molecule has 0 radical (unpaired) electrons. The molecule has 8 heteroatoms. The average molecular weight is 438 g/mol. The summed E-state index contributed by atoms with van der Waals surface area (Å²) in [6.45, 7) is 0. The molecule has 3 rings (SSSR count). The zero-order valence-corrected chi connectivity index (χ0v) is 14.5. The van der Waals surface area contributed by atoms with Gasteiger partial charge in [-0.1, -0.05) is 18.0 Å². The first kappa shape index (κ1) is 16.1. The number of nitrogens with zero attached hydrogens (tertiary/aromatic N) is 3. The molecule has 1 fully saturated rings. The molecule has 1 N–H and O–H groups in total. The van der Waals surface area contributed by atoms with Gasteiger partial charge in [0.15, 0.2) is 0 Å². The van der Waals surface area contributed by atoms with E-state index in [1.807, 2.05) is 22.6 Å². The molecular weight excluding hydrogens is 424 g/mol. The summed E-state index contributed by atoms with van der Waals surface area (Å²) in [5.74, 6) is -0.726. The van der Waals surface area contributed by atoms with Gasteiger partial charge in [0.05, 0.1) is 5.39 Å². The number of hydrogen-bond acceptors (Lipinski definition) is 4. The Labute approximate surface area is 145 Å². The van der Waals surface area contributed by atoms with Crippen molar-refractivity contribution in [3.63, 3.8) is 0 Å². The quantitative estimate of drug-likeness (QED) is 0.591. The molecule has 0 spiro atoms. The van der Waals surface area contributed by atoms with Crippen molar-refractivity contribution in [2.24, 2.45) is 5.92 Å². The zero-order valence-electron chi connectivity index (χ0n) is 11.5. The number of aliphatic hydroxyl groups is 1. The number of fused-ring (bicyclic) bond motifs is 1. The molecule has 0 aromatic carbocycles. The first-order valence-corrected chi connectivity index (χ1v) is 8.47. The molecule has 0 aliphatic heterocycles. The molecule has 0 bridgehead atoms. The third-order valence-electron chi connectivity index (χ3n) is 4.08. The van der Waals surface area contributed by atoms with Crippen molar-refractivity contribution in [2.75, 3.05) is 0 Å². The number of Topliss-reactive ketones (excluding diaryl/α,β-unsaturated/α-hetero) is 1. The van der Waals surface area contributed by atoms with Crippen LogP contribution in [0.4, 0.5) is 4.39 Å². The largest absolute Gasteiger partial charge is 0.387 e. The maximum atomic E-state index is 14.8. The maximum Gasteiger partial charge on any atom is 0.204 e. The van der Waals surface area contributed by atoms with E-state index in [2.05, 4.69) is 9.97 Å². The summed E-state index contributed by atoms with van der Waals surface area (Å²) in [6.07, 6.45) is 2.23. The number of carbonyl (C=O) groups excluding carboxylic acids is 1. The smallest absolute Gasteiger partial charge is 0.204 e. The van der Waals surface area contributed by atoms with Crippen molar-refractivity contribution < 1.29 is 14.3 Å². The van der Waals surface area contributed by atoms with Gasteiger partial charge in [-0.2, -0.15) is 0 Å². The van der Waals surface area contributed by atoms with Crippen LogP contribution in [-0.2, 0) is 4.79 Å². The Balaban J connectivity index is 1.96. The summed E-state index contributed by atoms with van der Waals surface area (Å²) < 4.78 is 16.7. The second kappa shape index (κ2) is 6.37. The predicted octanol–water partition coefficient (Wildman–Crippen LogP) is 3.28. The highest BCUT2D eigenvalue weighted by Gasteiger charge is 2.36. The first-order valence-electron chi connectivity index (χ1n) is 7.02. The van der Waals surface area contributed by atoms with Gasteiger partial charge in [-0.25, -0.2) is 14.4 Å². The molecule has 1 unspecified atom stereocenters. The molecule has 3 atom stereocenters. The third kappa shape index (κ3) is 2.74. The molecule has 2 aromatic heterocycles. The number of aliphatic hydroxyl groups excluding tert-OH is 1. The van der Waals surface area contributed by atoms with Crippen molar-refractivity contribution in [3.8, 4) is 0 Å². The van der Waals surface area contributed by atoms with Crippen LogP contribution in [0.25, 0.3) is 11.0 Å². The van der Waals surface area contributed by atoms with Crippen LogP contribution in [0.2, 0.25) is 5.15 Å². The Bertz CT molecular complexity index is 723. The third-order valence-corrected chi connectivity index (χ3v) is 5.18. The van der Waals surface area contributed by atoms with Crippen LogP contribution in [0, 0.1) is 9.49 Å². The number of rotatable bonds is 3. The molecule has 0 amide bonds. The van der Waals surface area contributed by atoms with Crippen LogP contribution in [0.1, 0.15) is 32.0 Å². The minimum atomic E-state index is -1.75. The van der Waals surface area contributed by atoms with E-state index < -0.39 is 18.3 Å². The zero-order chi connectivity index (χ0) is 15.9. The summed E-state index contributed by atoms with van der Waals surface area (Å²) in [5.41, 5.74) is 0.319. The Morgan fingerprint density at radius 3 is 2.95 bits per heavy atom. The molecule has 2 aromatic rings. The first-order chi connectivity index (χ1) is 10.5. The van der Waals surface area contributed by atoms with Crippen LogP contribution in [0.15, 0.2) is 12.5 Å². The van der Waals surface area contributed by atoms with Crippen LogP contribution >= 0.6 is 34.2 Å². The van der Waals surface area contributed by atoms with E-state index in [1.54, 1.807) is 0 Å². The second-order valence-electron chi connectivity index (χ2n) is 5.43. The Kier molecular flexibility index (Phi) is 4.65. The lowest BCUT2D eigenvalue weighted by atomic mass is 9.83. The number of carbonyl (C=O) groups is 1. The van der Waals surface area contributed by atoms with Gasteiger partial charge >= 0.3 is 0 Å². The van der Waals surface area contributed by atoms with E-state index in [9.17, 15) is 14.3 Å². The minimum absolute atomic E-state index is 0.0692. The highest BCUT2D eigenvalue weighted by molar-refractivity contribution is 14.1. The van der Waals surface area contributed by atoms with Crippen LogP contribution < -0.4 is 0 Å². The van der Waals surface area contributed by atoms with Crippen LogP contribution in [0.3, 0.4) is 0 Å². The highest BCUT2D eigenvalue weighted by atomic mass is 127. The summed E-state index contributed by atoms with van der Waals surface area (Å²) in [4.78, 5) is 19.9. The molecule has 1 aliphatic carbocycles. The molecule has 0 saturated heterocycles. The van der Waals surface area contributed by atoms with Crippen LogP contribution in [0.5, 0.6) is 0 Å². The van der Waals surface area contributed by atoms with Gasteiger partial charge in [-0.15, -0.1) is 0 Å². The van der Waals surface area contributed by atoms with E-state index in [0.29, 0.717) is 27.4 Å². The van der Waals surface area contributed by atoms with Crippen LogP contribution in [-0.4, -0.2) is 31.5 Å². The van der Waals surface area contributed by atoms with E-state index in [1.165, 1.54) is 17.1 Å². The number of hydrogen-bond donors (Lipinski definition) is 1. The van der Waals surface area contributed by atoms with Gasteiger partial charge in [-0.05, 0) is 35.4 Å². The molecule has 5 nitrogen and oxygen atoms in total. The van der Waals surface area contributed by atoms with Gasteiger partial charge in [0.2, 0.25) is 6.30 Å². The fourth-order valence-corrected chi connectivity index (χ4v) is 4.11. The summed E-state index contributed by atoms with van der Waals surface area (Å²) >= 11 is 8.04. The molecule has 1 saturated carbocycles. The lowest BCUT2D eigenvalue weighted by Crippen LogP contribution is -2.35. The number of halogens is 3. The minimum Gasteiger partial charge on any atom is -0.387 e. The van der Waals surface area contributed by atoms with Gasteiger partial charge < -0.3 is 5.11 Å². The Morgan fingerprint density at radius 2 is 2.23 bits per heavy atom. The lowest BCUT2D eigenvalue weighted by molar-refractivity contribution is -0.132. The fraction of sp³-hybridized carbons (Fsp3) is 0.500. The molecule has 118 valence electrons. The topological polar surface area (TPSA) is 68.0 Å². The van der Waals surface area contributed by atoms with E-state index in [-0.39, 0.29) is 10.9 Å². The van der Waals surface area contributed by atoms with E-state index >= 15 is 0 Å². The monoisotopic (exact) mass is 437 g/mol. The average Bonchev–Trinajstić information content (AvgIpc) is 2.85. The van der Waals surface area contributed by atoms with Crippen molar-refractivity contribution in [1.29, 1.82) is 0 Å². The molecule has 22 heavy (non-hydrogen) atoms. The maximum absolute atomic E-state index is 14.8. The molecule has 2 heterocycles. The number of alkyl halides is 1. The van der Waals surface area contributed by atoms with Gasteiger partial charge in [0.25, 0.3) is 0 Å². The summed E-state index contributed by atoms with van der Waals surface area (Å²) in [5, 5.41) is 11.1. The molecular formula is C14H14ClFIN3O2. The fourth-order valence-electron chi connectivity index (χ4n) is 2.92. The standard InChI is InChI=1S/C14H14ClFIN3O2/c15-12-10-8(17)5-20(14(10)19-6-18-12)13(16)11(22)7-3-1-2-4-9(7)21/h5-7,11,13,22H,1-4H2/t7?,11-,13-/m1/s1. The van der Waals surface area contributed by atoms with Crippen molar-refractivity contribution in [1.82, 2.24) is 14.5 Å². The Hall–Kier alpha value is -0.800. The van der Waals surface area contributed by atoms with Gasteiger partial charge in [0, 0.05) is 22.1 Å². The van der Waals surface area contributed by atoms with Crippen molar-refractivity contribution in [2.45, 2.75) is 38.1 Å². The van der Waals surface area contributed by atoms with Gasteiger partial charge in [0.1, 0.15) is 29.0 Å². The van der Waals surface area contributed by atoms with E-state index in [4.69, 9.17) is 11.6 Å². The predicted molar refractivity (Wildman–Crippen MR) is 88.4 cm³/mol. The summed E-state index contributed by atoms with van der Waals surface area (Å²) in [7, 11) is 0. The number of ketones is 1. The van der Waals surface area contributed by atoms with Gasteiger partial charge in [-0.3, -0.25) is 9.36 Å². The SMILES string of the molecule is O=C1CCCCC1[C@@H](O)[C@H](F)n1cc(I)c2c(Cl)ncnc21. The Morgan fingerprint density at radius 1 is 1.45 bits per heavy atom. The van der Waals surface area contributed by atoms with E-state index in [0.717, 1.165) is 12.8 Å². The van der Waals surface area contributed by atoms with Crippen molar-refractivity contribution in [3.05, 3.63) is 21.2 Å². The normalized spacial score (nSPS) is 22.0.